The molecule has 2 aromatic carbocycles. The second-order valence-electron chi connectivity index (χ2n) is 19.2. The SMILES string of the molecule is CC(=O)c1c(C)c(O)c2cc(C(=O)O)cc(OC3OC(CO)C4(CCC56CC7(CC8COCC(CCO)(CSSCO4)C85)CC4(CCCC4)CC7NN6)C(O)C3O)c2c1O. The average Bonchev–Trinajstić information content (AvgIpc) is 3.78. The van der Waals surface area contributed by atoms with Crippen molar-refractivity contribution in [1.29, 1.82) is 0 Å². The van der Waals surface area contributed by atoms with Crippen LogP contribution in [-0.4, -0.2) is 127 Å². The number of rotatable bonds is 7. The van der Waals surface area contributed by atoms with Gasteiger partial charge in [-0.2, -0.15) is 0 Å². The molecule has 11 atom stereocenters. The number of ketones is 1. The van der Waals surface area contributed by atoms with Crippen molar-refractivity contribution in [2.75, 3.05) is 38.1 Å². The number of carboxylic acid groups (broad SMARTS) is 1. The smallest absolute Gasteiger partial charge is 0.335 e. The number of phenols is 2. The van der Waals surface area contributed by atoms with Crippen molar-refractivity contribution in [3.63, 3.8) is 0 Å². The maximum absolute atomic E-state index is 12.6. The maximum Gasteiger partial charge on any atom is 0.335 e. The van der Waals surface area contributed by atoms with Gasteiger partial charge in [-0.1, -0.05) is 34.4 Å². The number of fused-ring (bicyclic) bond motifs is 1. The van der Waals surface area contributed by atoms with Crippen LogP contribution in [0.15, 0.2) is 12.1 Å². The Morgan fingerprint density at radius 3 is 2.52 bits per heavy atom. The standard InChI is InChI=1S/C43H58N2O13S2/c1-22-30(23(2)48)33(50)31-26(32(22)49)11-24(37(53)54)12-27(31)57-38-34(51)36(52)43(29(15-47)58-38)8-7-42-18-41(17-39(5-3-4-6-39)14-28(41)44-45-42)13-25-16-55-19-40(9-10-46,35(25)42)20-59-60-21-56-43/h11-12,25,28-29,34-36,38,44-47,49-52H,3-10,13-21H2,1-2H3,(H,53,54). The van der Waals surface area contributed by atoms with E-state index in [0.717, 1.165) is 37.8 Å². The number of nitrogens with one attached hydrogen (secondary N) is 2. The van der Waals surface area contributed by atoms with E-state index in [1.165, 1.54) is 50.3 Å². The molecule has 7 aliphatic rings. The molecule has 9 rings (SSSR count). The minimum Gasteiger partial charge on any atom is -0.507 e. The van der Waals surface area contributed by atoms with E-state index in [-0.39, 0.29) is 74.8 Å². The molecular formula is C43H58N2O13S2. The van der Waals surface area contributed by atoms with Crippen molar-refractivity contribution in [2.24, 2.45) is 28.1 Å². The molecule has 0 radical (unpaired) electrons. The molecule has 4 spiro atoms. The predicted octanol–water partition coefficient (Wildman–Crippen LogP) is 4.15. The number of carbonyl (C=O) groups excluding carboxylic acids is 1. The third-order valence-corrected chi connectivity index (χ3v) is 18.2. The van der Waals surface area contributed by atoms with Crippen molar-refractivity contribution in [2.45, 2.75) is 126 Å². The summed E-state index contributed by atoms with van der Waals surface area (Å²) < 4.78 is 25.7. The first-order valence-corrected chi connectivity index (χ1v) is 23.8. The van der Waals surface area contributed by atoms with Crippen molar-refractivity contribution < 1.29 is 64.3 Å². The Balaban J connectivity index is 1.08. The van der Waals surface area contributed by atoms with E-state index in [4.69, 9.17) is 18.9 Å². The summed E-state index contributed by atoms with van der Waals surface area (Å²) in [5.74, 6) is -2.18. The van der Waals surface area contributed by atoms with Gasteiger partial charge in [0.05, 0.1) is 29.7 Å². The number of carbonyl (C=O) groups is 2. The normalized spacial score (nSPS) is 39.9. The molecule has 0 amide bonds. The van der Waals surface area contributed by atoms with Crippen LogP contribution in [0.3, 0.4) is 0 Å². The molecule has 330 valence electrons. The number of phenolic OH excluding ortho intramolecular Hbond substituents is 2. The lowest BCUT2D eigenvalue weighted by Crippen LogP contribution is -2.77. The van der Waals surface area contributed by atoms with Gasteiger partial charge >= 0.3 is 5.97 Å². The summed E-state index contributed by atoms with van der Waals surface area (Å²) in [4.78, 5) is 24.9. The Morgan fingerprint density at radius 2 is 1.80 bits per heavy atom. The summed E-state index contributed by atoms with van der Waals surface area (Å²) in [7, 11) is 3.06. The number of hydrazine groups is 1. The second kappa shape index (κ2) is 15.7. The molecule has 60 heavy (non-hydrogen) atoms. The quantitative estimate of drug-likeness (QED) is 0.108. The van der Waals surface area contributed by atoms with Gasteiger partial charge < -0.3 is 54.7 Å². The third-order valence-electron chi connectivity index (χ3n) is 15.9. The number of aromatic hydroxyl groups is 2. The fourth-order valence-corrected chi connectivity index (χ4v) is 16.1. The van der Waals surface area contributed by atoms with E-state index >= 15 is 0 Å². The fourth-order valence-electron chi connectivity index (χ4n) is 13.7. The summed E-state index contributed by atoms with van der Waals surface area (Å²) in [5, 5.41) is 78.3. The lowest BCUT2D eigenvalue weighted by Gasteiger charge is -2.67. The van der Waals surface area contributed by atoms with Gasteiger partial charge in [-0.05, 0) is 106 Å². The molecule has 17 heteroatoms. The third kappa shape index (κ3) is 6.58. The second-order valence-corrected chi connectivity index (χ2v) is 21.6. The van der Waals surface area contributed by atoms with Crippen molar-refractivity contribution in [3.05, 3.63) is 28.8 Å². The first-order chi connectivity index (χ1) is 28.7. The lowest BCUT2D eigenvalue weighted by molar-refractivity contribution is -0.323. The Bertz CT molecular complexity index is 2030. The molecule has 3 aliphatic carbocycles. The number of aromatic carboxylic acids is 1. The molecule has 3 saturated carbocycles. The van der Waals surface area contributed by atoms with Gasteiger partial charge in [-0.3, -0.25) is 15.6 Å². The zero-order chi connectivity index (χ0) is 42.4. The first-order valence-electron chi connectivity index (χ1n) is 21.3. The number of carboxylic acids is 1. The Kier molecular flexibility index (Phi) is 11.2. The van der Waals surface area contributed by atoms with Gasteiger partial charge in [0, 0.05) is 46.9 Å². The van der Waals surface area contributed by atoms with Crippen molar-refractivity contribution >= 4 is 44.1 Å². The van der Waals surface area contributed by atoms with E-state index in [0.29, 0.717) is 43.3 Å². The molecule has 4 saturated heterocycles. The van der Waals surface area contributed by atoms with Crippen molar-refractivity contribution in [1.82, 2.24) is 10.9 Å². The summed E-state index contributed by atoms with van der Waals surface area (Å²) >= 11 is 0. The number of Topliss-reactive ketones (excluding diaryl/α,β-unsaturated/α-hetero) is 1. The van der Waals surface area contributed by atoms with Gasteiger partial charge in [-0.25, -0.2) is 4.79 Å². The van der Waals surface area contributed by atoms with E-state index in [1.54, 1.807) is 10.8 Å². The molecule has 2 aromatic rings. The van der Waals surface area contributed by atoms with Crippen molar-refractivity contribution in [3.8, 4) is 17.2 Å². The van der Waals surface area contributed by atoms with Gasteiger partial charge in [0.2, 0.25) is 6.29 Å². The number of aliphatic hydroxyl groups excluding tert-OH is 4. The highest BCUT2D eigenvalue weighted by Crippen LogP contribution is 2.69. The van der Waals surface area contributed by atoms with Gasteiger partial charge in [0.15, 0.2) is 5.78 Å². The van der Waals surface area contributed by atoms with E-state index < -0.39 is 65.6 Å². The number of hydrogen-bond acceptors (Lipinski definition) is 16. The summed E-state index contributed by atoms with van der Waals surface area (Å²) in [6.07, 6.45) is 3.92. The molecule has 11 unspecified atom stereocenters. The summed E-state index contributed by atoms with van der Waals surface area (Å²) in [5.41, 5.74) is 5.10. The lowest BCUT2D eigenvalue weighted by atomic mass is 9.46. The molecule has 4 aliphatic heterocycles. The van der Waals surface area contributed by atoms with E-state index in [9.17, 15) is 45.3 Å². The molecule has 4 heterocycles. The molecule has 0 aromatic heterocycles. The monoisotopic (exact) mass is 874 g/mol. The highest BCUT2D eigenvalue weighted by Gasteiger charge is 2.70. The zero-order valence-electron chi connectivity index (χ0n) is 34.1. The van der Waals surface area contributed by atoms with Crippen LogP contribution in [-0.2, 0) is 14.2 Å². The first kappa shape index (κ1) is 42.9. The number of hydrogen-bond donors (Lipinski definition) is 9. The largest absolute Gasteiger partial charge is 0.507 e. The zero-order valence-corrected chi connectivity index (χ0v) is 35.7. The molecule has 2 bridgehead atoms. The van der Waals surface area contributed by atoms with Crippen LogP contribution in [0, 0.1) is 35.0 Å². The van der Waals surface area contributed by atoms with E-state index in [1.807, 2.05) is 0 Å². The molecular weight excluding hydrogens is 817 g/mol. The highest BCUT2D eigenvalue weighted by molar-refractivity contribution is 8.76. The number of ether oxygens (including phenoxy) is 4. The van der Waals surface area contributed by atoms with Crippen LogP contribution in [0.2, 0.25) is 0 Å². The Hall–Kier alpha value is -2.42. The fraction of sp³-hybridized carbons (Fsp3) is 0.721. The summed E-state index contributed by atoms with van der Waals surface area (Å²) in [6.45, 7) is 3.15. The Morgan fingerprint density at radius 1 is 1.02 bits per heavy atom. The van der Waals surface area contributed by atoms with Crippen LogP contribution in [0.4, 0.5) is 0 Å². The minimum absolute atomic E-state index is 0.0169. The van der Waals surface area contributed by atoms with E-state index in [2.05, 4.69) is 10.9 Å². The molecule has 15 nitrogen and oxygen atoms in total. The van der Waals surface area contributed by atoms with Gasteiger partial charge in [0.25, 0.3) is 0 Å². The number of aliphatic hydroxyl groups is 4. The van der Waals surface area contributed by atoms with Crippen LogP contribution >= 0.6 is 21.6 Å². The van der Waals surface area contributed by atoms with Crippen LogP contribution in [0.25, 0.3) is 10.8 Å². The van der Waals surface area contributed by atoms with Crippen LogP contribution in [0.1, 0.15) is 104 Å². The predicted molar refractivity (Wildman–Crippen MR) is 222 cm³/mol. The topological polar surface area (TPSA) is 237 Å². The number of benzene rings is 2. The molecule has 9 N–H and O–H groups in total. The average molecular weight is 875 g/mol. The Labute approximate surface area is 356 Å². The maximum atomic E-state index is 12.6. The van der Waals surface area contributed by atoms with Gasteiger partial charge in [-0.15, -0.1) is 0 Å². The highest BCUT2D eigenvalue weighted by atomic mass is 33.1. The minimum atomic E-state index is -1.81. The van der Waals surface area contributed by atoms with Crippen LogP contribution in [0.5, 0.6) is 17.2 Å². The van der Waals surface area contributed by atoms with Gasteiger partial charge in [0.1, 0.15) is 47.1 Å². The summed E-state index contributed by atoms with van der Waals surface area (Å²) in [6, 6.07) is 2.52. The van der Waals surface area contributed by atoms with Crippen LogP contribution < -0.4 is 15.6 Å². The molecule has 7 fully saturated rings.